The summed E-state index contributed by atoms with van der Waals surface area (Å²) in [6, 6.07) is 5.49. The zero-order valence-corrected chi connectivity index (χ0v) is 10.8. The highest BCUT2D eigenvalue weighted by Crippen LogP contribution is 2.21. The van der Waals surface area contributed by atoms with Crippen LogP contribution in [0.5, 0.6) is 0 Å². The second-order valence-electron chi connectivity index (χ2n) is 3.71. The fourth-order valence-corrected chi connectivity index (χ4v) is 1.84. The Bertz CT molecular complexity index is 484. The third kappa shape index (κ3) is 3.19. The highest BCUT2D eigenvalue weighted by molar-refractivity contribution is 6.33. The first-order valence-electron chi connectivity index (χ1n) is 5.19. The number of nitrogens with zero attached hydrogens (tertiary/aromatic N) is 2. The van der Waals surface area contributed by atoms with Crippen molar-refractivity contribution in [1.82, 2.24) is 20.5 Å². The van der Waals surface area contributed by atoms with E-state index in [4.69, 9.17) is 23.2 Å². The third-order valence-corrected chi connectivity index (χ3v) is 3.05. The summed E-state index contributed by atoms with van der Waals surface area (Å²) in [6.45, 7) is 2.63. The van der Waals surface area contributed by atoms with Crippen molar-refractivity contribution < 1.29 is 0 Å². The van der Waals surface area contributed by atoms with Crippen LogP contribution in [0.1, 0.15) is 24.4 Å². The normalized spacial score (nSPS) is 12.6. The average Bonchev–Trinajstić information content (AvgIpc) is 2.83. The minimum atomic E-state index is 0.0764. The molecule has 0 aliphatic carbocycles. The van der Waals surface area contributed by atoms with Crippen LogP contribution >= 0.6 is 23.2 Å². The lowest BCUT2D eigenvalue weighted by molar-refractivity contribution is 0.548. The molecule has 0 saturated heterocycles. The van der Waals surface area contributed by atoms with Crippen LogP contribution in [0.4, 0.5) is 0 Å². The van der Waals surface area contributed by atoms with E-state index in [2.05, 4.69) is 20.5 Å². The van der Waals surface area contributed by atoms with Crippen LogP contribution in [0.15, 0.2) is 24.5 Å². The number of H-pyrrole nitrogens is 1. The quantitative estimate of drug-likeness (QED) is 0.898. The van der Waals surface area contributed by atoms with Gasteiger partial charge in [0.1, 0.15) is 12.2 Å². The lowest BCUT2D eigenvalue weighted by atomic mass is 10.2. The van der Waals surface area contributed by atoms with Gasteiger partial charge in [-0.05, 0) is 30.7 Å². The van der Waals surface area contributed by atoms with E-state index in [0.717, 1.165) is 11.4 Å². The van der Waals surface area contributed by atoms with E-state index in [-0.39, 0.29) is 6.04 Å². The molecule has 0 spiro atoms. The number of halogens is 2. The summed E-state index contributed by atoms with van der Waals surface area (Å²) < 4.78 is 0. The van der Waals surface area contributed by atoms with Gasteiger partial charge >= 0.3 is 0 Å². The monoisotopic (exact) mass is 270 g/mol. The Kier molecular flexibility index (Phi) is 3.99. The molecule has 2 aromatic rings. The molecule has 0 fully saturated rings. The number of rotatable bonds is 4. The molecule has 0 amide bonds. The Hall–Kier alpha value is -1.10. The molecule has 0 aliphatic rings. The molecule has 17 heavy (non-hydrogen) atoms. The standard InChI is InChI=1S/C11H12Cl2N4/c1-7(11-15-6-16-17-11)14-5-8-4-9(12)2-3-10(8)13/h2-4,6-7,14H,5H2,1H3,(H,15,16,17). The molecule has 4 nitrogen and oxygen atoms in total. The molecule has 6 heteroatoms. The molecule has 0 radical (unpaired) electrons. The highest BCUT2D eigenvalue weighted by Gasteiger charge is 2.08. The lowest BCUT2D eigenvalue weighted by Crippen LogP contribution is -2.19. The second-order valence-corrected chi connectivity index (χ2v) is 4.55. The smallest absolute Gasteiger partial charge is 0.141 e. The van der Waals surface area contributed by atoms with Crippen molar-refractivity contribution in [3.8, 4) is 0 Å². The van der Waals surface area contributed by atoms with E-state index in [0.29, 0.717) is 16.6 Å². The Morgan fingerprint density at radius 1 is 1.41 bits per heavy atom. The Balaban J connectivity index is 2.00. The van der Waals surface area contributed by atoms with Crippen molar-refractivity contribution in [2.45, 2.75) is 19.5 Å². The Morgan fingerprint density at radius 3 is 2.94 bits per heavy atom. The largest absolute Gasteiger partial charge is 0.303 e. The molecule has 90 valence electrons. The molecule has 1 heterocycles. The van der Waals surface area contributed by atoms with Crippen molar-refractivity contribution in [2.24, 2.45) is 0 Å². The van der Waals surface area contributed by atoms with E-state index in [1.807, 2.05) is 13.0 Å². The number of aromatic amines is 1. The molecule has 0 bridgehead atoms. The Labute approximate surface area is 109 Å². The van der Waals surface area contributed by atoms with Crippen molar-refractivity contribution >= 4 is 23.2 Å². The van der Waals surface area contributed by atoms with Gasteiger partial charge in [0.25, 0.3) is 0 Å². The molecule has 1 unspecified atom stereocenters. The van der Waals surface area contributed by atoms with Gasteiger partial charge in [-0.3, -0.25) is 5.10 Å². The third-order valence-electron chi connectivity index (χ3n) is 2.45. The van der Waals surface area contributed by atoms with Gasteiger partial charge in [0, 0.05) is 16.6 Å². The maximum Gasteiger partial charge on any atom is 0.141 e. The number of hydrogen-bond donors (Lipinski definition) is 2. The lowest BCUT2D eigenvalue weighted by Gasteiger charge is -2.12. The summed E-state index contributed by atoms with van der Waals surface area (Å²) in [4.78, 5) is 4.08. The number of hydrogen-bond acceptors (Lipinski definition) is 3. The fraction of sp³-hybridized carbons (Fsp3) is 0.273. The van der Waals surface area contributed by atoms with Crippen LogP contribution in [0, 0.1) is 0 Å². The van der Waals surface area contributed by atoms with Crippen molar-refractivity contribution in [3.63, 3.8) is 0 Å². The first-order chi connectivity index (χ1) is 8.16. The summed E-state index contributed by atoms with van der Waals surface area (Å²) in [7, 11) is 0. The zero-order valence-electron chi connectivity index (χ0n) is 9.24. The number of nitrogens with one attached hydrogen (secondary N) is 2. The van der Waals surface area contributed by atoms with E-state index >= 15 is 0 Å². The van der Waals surface area contributed by atoms with Crippen molar-refractivity contribution in [2.75, 3.05) is 0 Å². The van der Waals surface area contributed by atoms with Crippen molar-refractivity contribution in [3.05, 3.63) is 46.0 Å². The van der Waals surface area contributed by atoms with Crippen molar-refractivity contribution in [1.29, 1.82) is 0 Å². The van der Waals surface area contributed by atoms with E-state index in [1.165, 1.54) is 6.33 Å². The van der Waals surface area contributed by atoms with Gasteiger partial charge in [-0.2, -0.15) is 5.10 Å². The first kappa shape index (κ1) is 12.4. The molecule has 1 atom stereocenters. The molecule has 0 aliphatic heterocycles. The Morgan fingerprint density at radius 2 is 2.24 bits per heavy atom. The van der Waals surface area contributed by atoms with E-state index in [1.54, 1.807) is 12.1 Å². The fourth-order valence-electron chi connectivity index (χ4n) is 1.46. The molecule has 1 aromatic heterocycles. The van der Waals surface area contributed by atoms with Gasteiger partial charge in [0.15, 0.2) is 0 Å². The summed E-state index contributed by atoms with van der Waals surface area (Å²) >= 11 is 12.0. The molecule has 2 N–H and O–H groups in total. The maximum atomic E-state index is 6.07. The summed E-state index contributed by atoms with van der Waals surface area (Å²) in [5.41, 5.74) is 0.963. The topological polar surface area (TPSA) is 53.6 Å². The van der Waals surface area contributed by atoms with E-state index in [9.17, 15) is 0 Å². The van der Waals surface area contributed by atoms with Crippen LogP contribution in [-0.2, 0) is 6.54 Å². The van der Waals surface area contributed by atoms with Gasteiger partial charge in [-0.1, -0.05) is 23.2 Å². The van der Waals surface area contributed by atoms with Gasteiger partial charge in [-0.25, -0.2) is 4.98 Å². The van der Waals surface area contributed by atoms with Crippen LogP contribution in [0.3, 0.4) is 0 Å². The van der Waals surface area contributed by atoms with Gasteiger partial charge in [-0.15, -0.1) is 0 Å². The van der Waals surface area contributed by atoms with Crippen LogP contribution in [0.25, 0.3) is 0 Å². The molecule has 1 aromatic carbocycles. The minimum Gasteiger partial charge on any atom is -0.303 e. The van der Waals surface area contributed by atoms with Crippen LogP contribution in [-0.4, -0.2) is 15.2 Å². The molecule has 2 rings (SSSR count). The molecule has 0 saturated carbocycles. The summed E-state index contributed by atoms with van der Waals surface area (Å²) in [5, 5.41) is 11.3. The highest BCUT2D eigenvalue weighted by atomic mass is 35.5. The molecular weight excluding hydrogens is 259 g/mol. The van der Waals surface area contributed by atoms with Crippen LogP contribution in [0.2, 0.25) is 10.0 Å². The molecular formula is C11H12Cl2N4. The van der Waals surface area contributed by atoms with Gasteiger partial charge < -0.3 is 5.32 Å². The second kappa shape index (κ2) is 5.49. The predicted molar refractivity (Wildman–Crippen MR) is 68.1 cm³/mol. The average molecular weight is 271 g/mol. The summed E-state index contributed by atoms with van der Waals surface area (Å²) in [6.07, 6.45) is 1.49. The minimum absolute atomic E-state index is 0.0764. The summed E-state index contributed by atoms with van der Waals surface area (Å²) in [5.74, 6) is 0.795. The maximum absolute atomic E-state index is 6.07. The number of aromatic nitrogens is 3. The van der Waals surface area contributed by atoms with E-state index < -0.39 is 0 Å². The van der Waals surface area contributed by atoms with Gasteiger partial charge in [0.05, 0.1) is 6.04 Å². The SMILES string of the molecule is CC(NCc1cc(Cl)ccc1Cl)c1ncn[nH]1. The first-order valence-corrected chi connectivity index (χ1v) is 5.95. The predicted octanol–water partition coefficient (Wildman–Crippen LogP) is 2.96. The van der Waals surface area contributed by atoms with Crippen LogP contribution < -0.4 is 5.32 Å². The zero-order chi connectivity index (χ0) is 12.3. The van der Waals surface area contributed by atoms with Gasteiger partial charge in [0.2, 0.25) is 0 Å². The number of benzene rings is 1.